The fraction of sp³-hybridized carbons (Fsp3) is 0.667. The molecule has 0 aliphatic heterocycles. The first-order chi connectivity index (χ1) is 10.5. The van der Waals surface area contributed by atoms with Crippen molar-refractivity contribution in [3.8, 4) is 5.75 Å². The maximum atomic E-state index is 5.81. The van der Waals surface area contributed by atoms with E-state index in [0.29, 0.717) is 0 Å². The van der Waals surface area contributed by atoms with Gasteiger partial charge in [-0.3, -0.25) is 0 Å². The van der Waals surface area contributed by atoms with Crippen molar-refractivity contribution >= 4 is 31.9 Å². The number of halogens is 2. The molecule has 0 aromatic heterocycles. The molecular formula is C18H29Br2NO. The van der Waals surface area contributed by atoms with Gasteiger partial charge < -0.3 is 10.1 Å². The lowest BCUT2D eigenvalue weighted by molar-refractivity contribution is 0.239. The van der Waals surface area contributed by atoms with E-state index in [0.717, 1.165) is 27.8 Å². The summed E-state index contributed by atoms with van der Waals surface area (Å²) >= 11 is 7.20. The van der Waals surface area contributed by atoms with Crippen molar-refractivity contribution in [1.29, 1.82) is 0 Å². The Labute approximate surface area is 152 Å². The molecule has 0 saturated heterocycles. The van der Waals surface area contributed by atoms with Crippen molar-refractivity contribution in [2.75, 3.05) is 6.54 Å². The molecule has 1 rings (SSSR count). The summed E-state index contributed by atoms with van der Waals surface area (Å²) in [5.74, 6) is 0.884. The molecule has 0 radical (unpaired) electrons. The first-order valence-corrected chi connectivity index (χ1v) is 9.98. The van der Waals surface area contributed by atoms with E-state index in [4.69, 9.17) is 4.74 Å². The van der Waals surface area contributed by atoms with E-state index in [9.17, 15) is 0 Å². The van der Waals surface area contributed by atoms with Gasteiger partial charge in [0.25, 0.3) is 0 Å². The van der Waals surface area contributed by atoms with Crippen molar-refractivity contribution in [1.82, 2.24) is 5.32 Å². The molecule has 0 heterocycles. The summed E-state index contributed by atoms with van der Waals surface area (Å²) in [5, 5.41) is 3.52. The third kappa shape index (κ3) is 7.98. The Hall–Kier alpha value is -0.0600. The summed E-state index contributed by atoms with van der Waals surface area (Å²) < 4.78 is 7.82. The molecule has 2 nitrogen and oxygen atoms in total. The lowest BCUT2D eigenvalue weighted by atomic mass is 10.1. The summed E-state index contributed by atoms with van der Waals surface area (Å²) in [7, 11) is 0. The van der Waals surface area contributed by atoms with E-state index in [1.54, 1.807) is 0 Å². The molecule has 0 aliphatic rings. The summed E-state index contributed by atoms with van der Waals surface area (Å²) in [6.45, 7) is 8.32. The first-order valence-electron chi connectivity index (χ1n) is 8.39. The van der Waals surface area contributed by atoms with Crippen LogP contribution >= 0.6 is 31.9 Å². The van der Waals surface area contributed by atoms with Crippen LogP contribution in [0.5, 0.6) is 5.75 Å². The first kappa shape index (κ1) is 20.0. The number of rotatable bonds is 11. The number of hydrogen-bond donors (Lipinski definition) is 1. The Balaban J connectivity index is 2.32. The highest BCUT2D eigenvalue weighted by molar-refractivity contribution is 9.11. The molecule has 0 fully saturated rings. The second-order valence-electron chi connectivity index (χ2n) is 6.00. The normalized spacial score (nSPS) is 11.2. The fourth-order valence-electron chi connectivity index (χ4n) is 2.33. The Morgan fingerprint density at radius 3 is 2.18 bits per heavy atom. The predicted molar refractivity (Wildman–Crippen MR) is 103 cm³/mol. The smallest absolute Gasteiger partial charge is 0.148 e. The van der Waals surface area contributed by atoms with Crippen LogP contribution in [0.15, 0.2) is 21.1 Å². The average molecular weight is 435 g/mol. The van der Waals surface area contributed by atoms with Crippen LogP contribution in [0.1, 0.15) is 64.9 Å². The molecule has 0 aliphatic carbocycles. The highest BCUT2D eigenvalue weighted by Gasteiger charge is 2.10. The molecule has 126 valence electrons. The number of benzene rings is 1. The molecule has 4 heteroatoms. The molecule has 0 amide bonds. The quantitative estimate of drug-likeness (QED) is 0.404. The van der Waals surface area contributed by atoms with Crippen molar-refractivity contribution in [3.63, 3.8) is 0 Å². The zero-order valence-corrected chi connectivity index (χ0v) is 17.2. The number of unbranched alkanes of at least 4 members (excludes halogenated alkanes) is 5. The molecule has 1 N–H and O–H groups in total. The second-order valence-corrected chi connectivity index (χ2v) is 7.71. The van der Waals surface area contributed by atoms with E-state index in [2.05, 4.69) is 56.2 Å². The summed E-state index contributed by atoms with van der Waals surface area (Å²) in [6.07, 6.45) is 8.21. The van der Waals surface area contributed by atoms with E-state index >= 15 is 0 Å². The van der Waals surface area contributed by atoms with Crippen LogP contribution in [0.25, 0.3) is 0 Å². The molecular weight excluding hydrogens is 406 g/mol. The Kier molecular flexibility index (Phi) is 10.4. The molecule has 0 saturated carbocycles. The van der Waals surface area contributed by atoms with Crippen molar-refractivity contribution in [3.05, 3.63) is 26.6 Å². The highest BCUT2D eigenvalue weighted by atomic mass is 79.9. The molecule has 0 bridgehead atoms. The lowest BCUT2D eigenvalue weighted by Gasteiger charge is -2.15. The Morgan fingerprint density at radius 1 is 1.00 bits per heavy atom. The van der Waals surface area contributed by atoms with E-state index in [1.807, 2.05) is 13.8 Å². The Morgan fingerprint density at radius 2 is 1.59 bits per heavy atom. The van der Waals surface area contributed by atoms with Gasteiger partial charge in [-0.15, -0.1) is 0 Å². The fourth-order valence-corrected chi connectivity index (χ4v) is 3.79. The minimum absolute atomic E-state index is 0.171. The van der Waals surface area contributed by atoms with Crippen LogP contribution in [0.4, 0.5) is 0 Å². The summed E-state index contributed by atoms with van der Waals surface area (Å²) in [4.78, 5) is 0. The number of hydrogen-bond acceptors (Lipinski definition) is 2. The number of nitrogens with one attached hydrogen (secondary N) is 1. The summed E-state index contributed by atoms with van der Waals surface area (Å²) in [5.41, 5.74) is 1.26. The topological polar surface area (TPSA) is 21.3 Å². The minimum atomic E-state index is 0.171. The van der Waals surface area contributed by atoms with Gasteiger partial charge >= 0.3 is 0 Å². The van der Waals surface area contributed by atoms with Crippen LogP contribution in [0, 0.1) is 0 Å². The summed E-state index contributed by atoms with van der Waals surface area (Å²) in [6, 6.07) is 4.27. The predicted octanol–water partition coefficient (Wildman–Crippen LogP) is 6.45. The van der Waals surface area contributed by atoms with Gasteiger partial charge in [0.15, 0.2) is 0 Å². The van der Waals surface area contributed by atoms with Crippen LogP contribution in [-0.2, 0) is 6.54 Å². The SMILES string of the molecule is CCCCCCCCNCc1cc(Br)c(OC(C)C)c(Br)c1. The molecule has 22 heavy (non-hydrogen) atoms. The third-order valence-corrected chi connectivity index (χ3v) is 4.63. The van der Waals surface area contributed by atoms with Gasteiger partial charge in [-0.05, 0) is 76.4 Å². The molecule has 0 atom stereocenters. The van der Waals surface area contributed by atoms with Crippen LogP contribution < -0.4 is 10.1 Å². The molecule has 1 aromatic carbocycles. The zero-order chi connectivity index (χ0) is 16.4. The molecule has 1 aromatic rings. The average Bonchev–Trinajstić information content (AvgIpc) is 2.45. The van der Waals surface area contributed by atoms with Gasteiger partial charge in [0.2, 0.25) is 0 Å². The largest absolute Gasteiger partial charge is 0.489 e. The molecule has 0 unspecified atom stereocenters. The van der Waals surface area contributed by atoms with E-state index in [1.165, 1.54) is 44.1 Å². The van der Waals surface area contributed by atoms with Gasteiger partial charge in [0.05, 0.1) is 15.0 Å². The van der Waals surface area contributed by atoms with Crippen molar-refractivity contribution < 1.29 is 4.74 Å². The van der Waals surface area contributed by atoms with Crippen molar-refractivity contribution in [2.45, 2.75) is 71.9 Å². The molecule has 0 spiro atoms. The minimum Gasteiger partial charge on any atom is -0.489 e. The number of ether oxygens (including phenoxy) is 1. The Bertz CT molecular complexity index is 412. The standard InChI is InChI=1S/C18H29Br2NO/c1-4-5-6-7-8-9-10-21-13-15-11-16(19)18(17(20)12-15)22-14(2)3/h11-12,14,21H,4-10,13H2,1-3H3. The lowest BCUT2D eigenvalue weighted by Crippen LogP contribution is -2.15. The van der Waals surface area contributed by atoms with Gasteiger partial charge in [0, 0.05) is 6.54 Å². The second kappa shape index (κ2) is 11.5. The van der Waals surface area contributed by atoms with Crippen LogP contribution in [0.3, 0.4) is 0 Å². The van der Waals surface area contributed by atoms with E-state index in [-0.39, 0.29) is 6.10 Å². The van der Waals surface area contributed by atoms with Gasteiger partial charge in [0.1, 0.15) is 5.75 Å². The van der Waals surface area contributed by atoms with Gasteiger partial charge in [-0.2, -0.15) is 0 Å². The van der Waals surface area contributed by atoms with Crippen molar-refractivity contribution in [2.24, 2.45) is 0 Å². The van der Waals surface area contributed by atoms with E-state index < -0.39 is 0 Å². The van der Waals surface area contributed by atoms with Crippen LogP contribution in [-0.4, -0.2) is 12.6 Å². The van der Waals surface area contributed by atoms with Gasteiger partial charge in [-0.25, -0.2) is 0 Å². The highest BCUT2D eigenvalue weighted by Crippen LogP contribution is 2.35. The monoisotopic (exact) mass is 433 g/mol. The maximum absolute atomic E-state index is 5.81. The van der Waals surface area contributed by atoms with Crippen LogP contribution in [0.2, 0.25) is 0 Å². The third-order valence-electron chi connectivity index (χ3n) is 3.45. The maximum Gasteiger partial charge on any atom is 0.148 e. The zero-order valence-electron chi connectivity index (χ0n) is 14.1. The van der Waals surface area contributed by atoms with Gasteiger partial charge in [-0.1, -0.05) is 39.0 Å².